The van der Waals surface area contributed by atoms with Crippen LogP contribution in [0.25, 0.3) is 0 Å². The SMILES string of the molecule is C=C(Nc1ccc(CC)cc1)C(O)c1ccc(CCCCCCCC)cc1. The van der Waals surface area contributed by atoms with Gasteiger partial charge >= 0.3 is 0 Å². The van der Waals surface area contributed by atoms with Crippen LogP contribution in [0.5, 0.6) is 0 Å². The summed E-state index contributed by atoms with van der Waals surface area (Å²) >= 11 is 0. The second-order valence-electron chi connectivity index (χ2n) is 7.36. The van der Waals surface area contributed by atoms with Crippen LogP contribution in [0, 0.1) is 0 Å². The van der Waals surface area contributed by atoms with E-state index >= 15 is 0 Å². The standard InChI is InChI=1S/C25H35NO/c1-4-6-7-8-9-10-11-22-12-16-23(17-13-22)25(27)20(3)26-24-18-14-21(5-2)15-19-24/h12-19,25-27H,3-11H2,1-2H3. The van der Waals surface area contributed by atoms with E-state index in [4.69, 9.17) is 0 Å². The lowest BCUT2D eigenvalue weighted by Crippen LogP contribution is -2.09. The van der Waals surface area contributed by atoms with E-state index < -0.39 is 6.10 Å². The molecule has 0 aliphatic heterocycles. The van der Waals surface area contributed by atoms with Crippen LogP contribution < -0.4 is 5.32 Å². The Labute approximate surface area is 165 Å². The molecule has 2 rings (SSSR count). The van der Waals surface area contributed by atoms with E-state index in [0.717, 1.165) is 24.1 Å². The normalized spacial score (nSPS) is 12.0. The van der Waals surface area contributed by atoms with Crippen LogP contribution in [0.3, 0.4) is 0 Å². The van der Waals surface area contributed by atoms with E-state index in [1.54, 1.807) is 0 Å². The summed E-state index contributed by atoms with van der Waals surface area (Å²) in [5.41, 5.74) is 5.08. The smallest absolute Gasteiger partial charge is 0.118 e. The Morgan fingerprint density at radius 1 is 0.852 bits per heavy atom. The number of aryl methyl sites for hydroxylation is 2. The average Bonchev–Trinajstić information content (AvgIpc) is 2.71. The molecule has 27 heavy (non-hydrogen) atoms. The van der Waals surface area contributed by atoms with Crippen molar-refractivity contribution in [3.05, 3.63) is 77.5 Å². The minimum Gasteiger partial charge on any atom is -0.382 e. The molecule has 0 bridgehead atoms. The van der Waals surface area contributed by atoms with E-state index in [2.05, 4.69) is 50.0 Å². The molecule has 2 heteroatoms. The van der Waals surface area contributed by atoms with Crippen LogP contribution >= 0.6 is 0 Å². The first-order chi connectivity index (χ1) is 13.1. The maximum Gasteiger partial charge on any atom is 0.118 e. The molecule has 0 spiro atoms. The van der Waals surface area contributed by atoms with Crippen molar-refractivity contribution < 1.29 is 5.11 Å². The van der Waals surface area contributed by atoms with Gasteiger partial charge in [-0.1, -0.05) is 88.9 Å². The predicted molar refractivity (Wildman–Crippen MR) is 117 cm³/mol. The second-order valence-corrected chi connectivity index (χ2v) is 7.36. The van der Waals surface area contributed by atoms with Gasteiger partial charge < -0.3 is 10.4 Å². The summed E-state index contributed by atoms with van der Waals surface area (Å²) in [6, 6.07) is 16.6. The molecule has 1 atom stereocenters. The highest BCUT2D eigenvalue weighted by Crippen LogP contribution is 2.23. The molecule has 1 unspecified atom stereocenters. The van der Waals surface area contributed by atoms with Gasteiger partial charge in [0.25, 0.3) is 0 Å². The molecule has 0 saturated carbocycles. The Bertz CT molecular complexity index is 672. The maximum absolute atomic E-state index is 10.6. The Morgan fingerprint density at radius 3 is 2.07 bits per heavy atom. The quantitative estimate of drug-likeness (QED) is 0.405. The predicted octanol–water partition coefficient (Wildman–Crippen LogP) is 6.81. The summed E-state index contributed by atoms with van der Waals surface area (Å²) in [6.07, 6.45) is 9.34. The van der Waals surface area contributed by atoms with E-state index in [0.29, 0.717) is 5.70 Å². The van der Waals surface area contributed by atoms with Crippen molar-refractivity contribution in [2.24, 2.45) is 0 Å². The van der Waals surface area contributed by atoms with Gasteiger partial charge in [-0.25, -0.2) is 0 Å². The molecule has 2 N–H and O–H groups in total. The zero-order chi connectivity index (χ0) is 19.5. The van der Waals surface area contributed by atoms with Crippen molar-refractivity contribution in [2.75, 3.05) is 5.32 Å². The number of aliphatic hydroxyl groups is 1. The first-order valence-corrected chi connectivity index (χ1v) is 10.5. The molecule has 2 aromatic rings. The van der Waals surface area contributed by atoms with Gasteiger partial charge in [-0.3, -0.25) is 0 Å². The van der Waals surface area contributed by atoms with Crippen molar-refractivity contribution >= 4 is 5.69 Å². The van der Waals surface area contributed by atoms with Crippen LogP contribution in [0.1, 0.15) is 75.2 Å². The summed E-state index contributed by atoms with van der Waals surface area (Å²) in [6.45, 7) is 8.41. The molecule has 2 nitrogen and oxygen atoms in total. The Morgan fingerprint density at radius 2 is 1.44 bits per heavy atom. The lowest BCUT2D eigenvalue weighted by Gasteiger charge is -2.17. The fourth-order valence-electron chi connectivity index (χ4n) is 3.25. The Hall–Kier alpha value is -2.06. The fourth-order valence-corrected chi connectivity index (χ4v) is 3.25. The van der Waals surface area contributed by atoms with Crippen molar-refractivity contribution in [3.63, 3.8) is 0 Å². The molecular formula is C25H35NO. The Balaban J connectivity index is 1.81. The summed E-state index contributed by atoms with van der Waals surface area (Å²) in [5.74, 6) is 0. The maximum atomic E-state index is 10.6. The number of unbranched alkanes of at least 4 members (excludes halogenated alkanes) is 5. The first-order valence-electron chi connectivity index (χ1n) is 10.5. The molecule has 0 aromatic heterocycles. The highest BCUT2D eigenvalue weighted by Gasteiger charge is 2.12. The van der Waals surface area contributed by atoms with E-state index in [9.17, 15) is 5.11 Å². The number of rotatable bonds is 12. The number of nitrogens with one attached hydrogen (secondary N) is 1. The molecule has 0 fully saturated rings. The van der Waals surface area contributed by atoms with Gasteiger partial charge in [-0.2, -0.15) is 0 Å². The minimum absolute atomic E-state index is 0.600. The van der Waals surface area contributed by atoms with Crippen LogP contribution in [0.4, 0.5) is 5.69 Å². The third kappa shape index (κ3) is 7.22. The van der Waals surface area contributed by atoms with Crippen molar-refractivity contribution in [1.29, 1.82) is 0 Å². The van der Waals surface area contributed by atoms with Crippen LogP contribution in [0.15, 0.2) is 60.8 Å². The first kappa shape index (κ1) is 21.2. The summed E-state index contributed by atoms with van der Waals surface area (Å²) in [4.78, 5) is 0. The molecule has 2 aromatic carbocycles. The monoisotopic (exact) mass is 365 g/mol. The molecular weight excluding hydrogens is 330 g/mol. The molecule has 0 aliphatic carbocycles. The molecule has 0 radical (unpaired) electrons. The third-order valence-electron chi connectivity index (χ3n) is 5.11. The van der Waals surface area contributed by atoms with Gasteiger partial charge in [0.2, 0.25) is 0 Å². The van der Waals surface area contributed by atoms with Crippen LogP contribution in [-0.4, -0.2) is 5.11 Å². The van der Waals surface area contributed by atoms with Crippen LogP contribution in [0.2, 0.25) is 0 Å². The van der Waals surface area contributed by atoms with Gasteiger partial charge in [0.05, 0.1) is 0 Å². The third-order valence-corrected chi connectivity index (χ3v) is 5.11. The number of anilines is 1. The van der Waals surface area contributed by atoms with Gasteiger partial charge in [0.15, 0.2) is 0 Å². The zero-order valence-electron chi connectivity index (χ0n) is 17.0. The van der Waals surface area contributed by atoms with E-state index in [-0.39, 0.29) is 0 Å². The highest BCUT2D eigenvalue weighted by molar-refractivity contribution is 5.50. The minimum atomic E-state index is -0.709. The molecule has 0 heterocycles. The largest absolute Gasteiger partial charge is 0.382 e. The molecule has 0 aliphatic rings. The average molecular weight is 366 g/mol. The second kappa shape index (κ2) is 11.6. The fraction of sp³-hybridized carbons (Fsp3) is 0.440. The molecule has 0 saturated heterocycles. The van der Waals surface area contributed by atoms with Gasteiger partial charge in [-0.05, 0) is 48.1 Å². The number of benzene rings is 2. The topological polar surface area (TPSA) is 32.3 Å². The number of hydrogen-bond donors (Lipinski definition) is 2. The summed E-state index contributed by atoms with van der Waals surface area (Å²) in [7, 11) is 0. The van der Waals surface area contributed by atoms with Crippen molar-refractivity contribution in [3.8, 4) is 0 Å². The molecule has 0 amide bonds. The van der Waals surface area contributed by atoms with Crippen molar-refractivity contribution in [1.82, 2.24) is 0 Å². The van der Waals surface area contributed by atoms with Gasteiger partial charge in [0.1, 0.15) is 6.10 Å². The van der Waals surface area contributed by atoms with Gasteiger partial charge in [-0.15, -0.1) is 0 Å². The van der Waals surface area contributed by atoms with Crippen LogP contribution in [-0.2, 0) is 12.8 Å². The number of hydrogen-bond acceptors (Lipinski definition) is 2. The van der Waals surface area contributed by atoms with E-state index in [1.807, 2.05) is 24.3 Å². The highest BCUT2D eigenvalue weighted by atomic mass is 16.3. The lowest BCUT2D eigenvalue weighted by molar-refractivity contribution is 0.217. The lowest BCUT2D eigenvalue weighted by atomic mass is 10.0. The Kier molecular flexibility index (Phi) is 9.13. The number of aliphatic hydroxyl groups excluding tert-OH is 1. The summed E-state index contributed by atoms with van der Waals surface area (Å²) < 4.78 is 0. The van der Waals surface area contributed by atoms with E-state index in [1.165, 1.54) is 49.7 Å². The van der Waals surface area contributed by atoms with Gasteiger partial charge in [0, 0.05) is 11.4 Å². The van der Waals surface area contributed by atoms with Crippen molar-refractivity contribution in [2.45, 2.75) is 71.3 Å². The zero-order valence-corrected chi connectivity index (χ0v) is 17.0. The summed E-state index contributed by atoms with van der Waals surface area (Å²) in [5, 5.41) is 13.8. The molecule has 146 valence electrons.